The molecule has 2 saturated carbocycles. The lowest BCUT2D eigenvalue weighted by Crippen LogP contribution is -2.54. The van der Waals surface area contributed by atoms with Crippen molar-refractivity contribution in [2.45, 2.75) is 64.5 Å². The number of amides is 4. The molecule has 178 valence electrons. The summed E-state index contributed by atoms with van der Waals surface area (Å²) in [4.78, 5) is 51.4. The van der Waals surface area contributed by atoms with Gasteiger partial charge in [-0.05, 0) is 54.9 Å². The second-order valence-electron chi connectivity index (χ2n) is 10.7. The Morgan fingerprint density at radius 1 is 1.18 bits per heavy atom. The molecule has 1 spiro atoms. The second-order valence-corrected chi connectivity index (χ2v) is 10.7. The van der Waals surface area contributed by atoms with E-state index in [1.54, 1.807) is 0 Å². The van der Waals surface area contributed by atoms with Gasteiger partial charge in [0.05, 0.1) is 6.04 Å². The van der Waals surface area contributed by atoms with E-state index in [4.69, 9.17) is 4.74 Å². The molecule has 2 aliphatic carbocycles. The fraction of sp³-hybridized carbons (Fsp3) is 0.600. The number of carbonyl (C=O) groups is 4. The van der Waals surface area contributed by atoms with Crippen LogP contribution < -0.4 is 10.6 Å². The summed E-state index contributed by atoms with van der Waals surface area (Å²) in [5.41, 5.74) is -0.0382. The van der Waals surface area contributed by atoms with E-state index in [1.807, 2.05) is 30.3 Å². The molecule has 3 aliphatic rings. The molecule has 33 heavy (non-hydrogen) atoms. The molecule has 3 unspecified atom stereocenters. The fourth-order valence-corrected chi connectivity index (χ4v) is 5.75. The Morgan fingerprint density at radius 2 is 1.88 bits per heavy atom. The number of urea groups is 1. The number of benzene rings is 1. The fourth-order valence-electron chi connectivity index (χ4n) is 5.75. The molecular formula is C25H33N3O5. The van der Waals surface area contributed by atoms with Gasteiger partial charge in [0, 0.05) is 0 Å². The maximum Gasteiger partial charge on any atom is 0.326 e. The second kappa shape index (κ2) is 8.80. The maximum atomic E-state index is 13.1. The molecule has 1 aromatic rings. The molecule has 4 rings (SSSR count). The number of esters is 1. The predicted octanol–water partition coefficient (Wildman–Crippen LogP) is 2.93. The highest BCUT2D eigenvalue weighted by Gasteiger charge is 2.56. The topological polar surface area (TPSA) is 105 Å². The average Bonchev–Trinajstić information content (AvgIpc) is 3.55. The van der Waals surface area contributed by atoms with Gasteiger partial charge in [0.15, 0.2) is 6.61 Å². The minimum Gasteiger partial charge on any atom is -0.454 e. The summed E-state index contributed by atoms with van der Waals surface area (Å²) in [6.45, 7) is 5.29. The number of hydrogen-bond acceptors (Lipinski definition) is 5. The number of nitrogens with zero attached hydrogens (tertiary/aromatic N) is 1. The molecular weight excluding hydrogens is 422 g/mol. The Kier molecular flexibility index (Phi) is 6.20. The van der Waals surface area contributed by atoms with Gasteiger partial charge in [-0.15, -0.1) is 0 Å². The summed E-state index contributed by atoms with van der Waals surface area (Å²) in [5, 5.41) is 5.79. The molecule has 2 N–H and O–H groups in total. The Balaban J connectivity index is 1.31. The summed E-state index contributed by atoms with van der Waals surface area (Å²) in [6.07, 6.45) is 4.15. The normalized spacial score (nSPS) is 27.2. The van der Waals surface area contributed by atoms with Gasteiger partial charge in [0.25, 0.3) is 11.8 Å². The number of hydrogen-bond donors (Lipinski definition) is 2. The van der Waals surface area contributed by atoms with E-state index < -0.39 is 36.6 Å². The quantitative estimate of drug-likeness (QED) is 0.486. The van der Waals surface area contributed by atoms with Crippen molar-refractivity contribution < 1.29 is 23.9 Å². The summed E-state index contributed by atoms with van der Waals surface area (Å²) in [7, 11) is 0. The number of nitrogens with one attached hydrogen (secondary N) is 2. The Morgan fingerprint density at radius 3 is 2.52 bits per heavy atom. The summed E-state index contributed by atoms with van der Waals surface area (Å²) in [5.74, 6) is -0.905. The first kappa shape index (κ1) is 23.3. The molecule has 1 heterocycles. The molecule has 4 amide bonds. The van der Waals surface area contributed by atoms with Gasteiger partial charge >= 0.3 is 12.0 Å². The lowest BCUT2D eigenvalue weighted by Gasteiger charge is -2.43. The van der Waals surface area contributed by atoms with Crippen LogP contribution in [0.5, 0.6) is 0 Å². The monoisotopic (exact) mass is 455 g/mol. The number of imide groups is 1. The first-order valence-corrected chi connectivity index (χ1v) is 11.7. The van der Waals surface area contributed by atoms with Crippen LogP contribution in [-0.4, -0.2) is 47.4 Å². The highest BCUT2D eigenvalue weighted by molar-refractivity contribution is 6.08. The molecule has 8 nitrogen and oxygen atoms in total. The molecule has 1 aliphatic heterocycles. The van der Waals surface area contributed by atoms with Crippen LogP contribution >= 0.6 is 0 Å². The predicted molar refractivity (Wildman–Crippen MR) is 121 cm³/mol. The molecule has 0 radical (unpaired) electrons. The zero-order valence-corrected chi connectivity index (χ0v) is 19.6. The minimum atomic E-state index is -0.969. The lowest BCUT2D eigenvalue weighted by atomic mass is 9.64. The van der Waals surface area contributed by atoms with E-state index in [1.165, 1.54) is 0 Å². The van der Waals surface area contributed by atoms with Crippen LogP contribution in [0.3, 0.4) is 0 Å². The Hall–Kier alpha value is -2.90. The zero-order valence-electron chi connectivity index (χ0n) is 19.6. The number of carbonyl (C=O) groups excluding carboxylic acids is 4. The van der Waals surface area contributed by atoms with E-state index in [2.05, 4.69) is 31.4 Å². The molecule has 0 bridgehead atoms. The largest absolute Gasteiger partial charge is 0.454 e. The first-order valence-electron chi connectivity index (χ1n) is 11.7. The van der Waals surface area contributed by atoms with E-state index >= 15 is 0 Å². The molecule has 0 aromatic heterocycles. The van der Waals surface area contributed by atoms with Crippen LogP contribution in [0.1, 0.15) is 64.5 Å². The van der Waals surface area contributed by atoms with Gasteiger partial charge in [-0.3, -0.25) is 19.3 Å². The van der Waals surface area contributed by atoms with E-state index in [0.29, 0.717) is 18.8 Å². The van der Waals surface area contributed by atoms with Gasteiger partial charge in [-0.2, -0.15) is 0 Å². The minimum absolute atomic E-state index is 0.0912. The summed E-state index contributed by atoms with van der Waals surface area (Å²) < 4.78 is 5.11. The molecule has 1 aromatic carbocycles. The van der Waals surface area contributed by atoms with Gasteiger partial charge < -0.3 is 15.4 Å². The third-order valence-corrected chi connectivity index (χ3v) is 6.84. The highest BCUT2D eigenvalue weighted by atomic mass is 16.5. The zero-order chi connectivity index (χ0) is 23.8. The van der Waals surface area contributed by atoms with Crippen molar-refractivity contribution in [1.82, 2.24) is 15.5 Å². The van der Waals surface area contributed by atoms with Gasteiger partial charge in [-0.25, -0.2) is 4.79 Å². The lowest BCUT2D eigenvalue weighted by molar-refractivity contribution is -0.151. The highest BCUT2D eigenvalue weighted by Crippen LogP contribution is 2.46. The van der Waals surface area contributed by atoms with Gasteiger partial charge in [0.2, 0.25) is 0 Å². The first-order chi connectivity index (χ1) is 15.6. The van der Waals surface area contributed by atoms with Crippen molar-refractivity contribution in [2.75, 3.05) is 13.2 Å². The van der Waals surface area contributed by atoms with Crippen molar-refractivity contribution in [3.63, 3.8) is 0 Å². The molecule has 8 heteroatoms. The van der Waals surface area contributed by atoms with E-state index in [9.17, 15) is 19.2 Å². The van der Waals surface area contributed by atoms with Crippen LogP contribution in [0.4, 0.5) is 4.79 Å². The van der Waals surface area contributed by atoms with Gasteiger partial charge in [-0.1, -0.05) is 51.1 Å². The van der Waals surface area contributed by atoms with Crippen molar-refractivity contribution in [2.24, 2.45) is 17.3 Å². The standard InChI is InChI=1S/C25H33N3O5/c1-16-11-24(2,3)15-25(12-16)22(31)28(23(32)27-25)13-20(30)33-14-19(29)26-21(18-9-10-18)17-7-5-4-6-8-17/h4-8,16,18,21H,9-15H2,1-3H3,(H,26,29)(H,27,32). The Bertz CT molecular complexity index is 943. The van der Waals surface area contributed by atoms with Crippen LogP contribution in [0.15, 0.2) is 30.3 Å². The SMILES string of the molecule is CC1CC(C)(C)CC2(C1)NC(=O)N(CC(=O)OCC(=O)NC(c1ccccc1)C1CC1)C2=O. The number of ether oxygens (including phenoxy) is 1. The van der Waals surface area contributed by atoms with Crippen LogP contribution in [0.2, 0.25) is 0 Å². The van der Waals surface area contributed by atoms with Gasteiger partial charge in [0.1, 0.15) is 12.1 Å². The third-order valence-electron chi connectivity index (χ3n) is 6.84. The average molecular weight is 456 g/mol. The van der Waals surface area contributed by atoms with Crippen molar-refractivity contribution in [3.05, 3.63) is 35.9 Å². The third kappa shape index (κ3) is 5.20. The van der Waals surface area contributed by atoms with Crippen LogP contribution in [0.25, 0.3) is 0 Å². The van der Waals surface area contributed by atoms with Crippen molar-refractivity contribution in [3.8, 4) is 0 Å². The van der Waals surface area contributed by atoms with Crippen molar-refractivity contribution >= 4 is 23.8 Å². The maximum absolute atomic E-state index is 13.1. The molecule has 3 fully saturated rings. The molecule has 1 saturated heterocycles. The number of rotatable bonds is 7. The smallest absolute Gasteiger partial charge is 0.326 e. The van der Waals surface area contributed by atoms with Crippen LogP contribution in [-0.2, 0) is 19.1 Å². The van der Waals surface area contributed by atoms with E-state index in [0.717, 1.165) is 29.7 Å². The van der Waals surface area contributed by atoms with Crippen LogP contribution in [0, 0.1) is 17.3 Å². The molecule has 3 atom stereocenters. The van der Waals surface area contributed by atoms with Crippen molar-refractivity contribution in [1.29, 1.82) is 0 Å². The summed E-state index contributed by atoms with van der Waals surface area (Å²) in [6, 6.07) is 9.02. The van der Waals surface area contributed by atoms with E-state index in [-0.39, 0.29) is 23.3 Å². The Labute approximate surface area is 194 Å². The summed E-state index contributed by atoms with van der Waals surface area (Å²) >= 11 is 0.